The Kier molecular flexibility index (Phi) is 4.49. The van der Waals surface area contributed by atoms with Crippen LogP contribution >= 0.6 is 23.1 Å². The summed E-state index contributed by atoms with van der Waals surface area (Å²) in [5.41, 5.74) is 1.67. The zero-order chi connectivity index (χ0) is 12.8. The molecule has 0 aliphatic heterocycles. The van der Waals surface area contributed by atoms with E-state index in [1.54, 1.807) is 18.3 Å². The Hall–Kier alpha value is -1.66. The van der Waals surface area contributed by atoms with E-state index in [0.29, 0.717) is 5.69 Å². The molecule has 2 aromatic rings. The van der Waals surface area contributed by atoms with Gasteiger partial charge in [0.05, 0.1) is 17.0 Å². The van der Waals surface area contributed by atoms with E-state index >= 15 is 0 Å². The summed E-state index contributed by atoms with van der Waals surface area (Å²) < 4.78 is 8.59. The van der Waals surface area contributed by atoms with Gasteiger partial charge in [0.1, 0.15) is 6.61 Å². The molecule has 94 valence electrons. The van der Waals surface area contributed by atoms with Crippen LogP contribution in [0.15, 0.2) is 30.5 Å². The molecule has 2 rings (SSSR count). The third-order valence-electron chi connectivity index (χ3n) is 2.09. The minimum atomic E-state index is -0.511. The number of nitrogens with one attached hydrogen (secondary N) is 1. The van der Waals surface area contributed by atoms with E-state index in [1.807, 2.05) is 12.1 Å². The summed E-state index contributed by atoms with van der Waals surface area (Å²) in [6.07, 6.45) is 1.19. The first kappa shape index (κ1) is 12.8. The molecule has 0 aliphatic carbocycles. The second-order valence-corrected chi connectivity index (χ2v) is 4.47. The fraction of sp³-hybridized carbons (Fsp3) is 0.182. The van der Waals surface area contributed by atoms with Gasteiger partial charge in [-0.2, -0.15) is 0 Å². The Morgan fingerprint density at radius 2 is 2.17 bits per heavy atom. The molecule has 0 atom stereocenters. The average Bonchev–Trinajstić information content (AvgIpc) is 2.91. The Labute approximate surface area is 113 Å². The van der Waals surface area contributed by atoms with E-state index in [-0.39, 0.29) is 12.5 Å². The van der Waals surface area contributed by atoms with E-state index in [4.69, 9.17) is 16.3 Å². The van der Waals surface area contributed by atoms with Gasteiger partial charge in [-0.3, -0.25) is 5.32 Å². The maximum absolute atomic E-state index is 11.3. The molecule has 7 heteroatoms. The lowest BCUT2D eigenvalue weighted by Gasteiger charge is -2.05. The smallest absolute Gasteiger partial charge is 0.411 e. The fourth-order valence-corrected chi connectivity index (χ4v) is 1.89. The first-order valence-corrected chi connectivity index (χ1v) is 6.48. The Bertz CT molecular complexity index is 502. The van der Waals surface area contributed by atoms with Gasteiger partial charge in [-0.05, 0) is 29.2 Å². The standard InChI is InChI=1S/C11H10ClN3O2S/c12-5-6-17-11(16)14-9-3-1-8(2-4-9)10-7-13-15-18-10/h1-4,7H,5-6H2,(H,14,16). The SMILES string of the molecule is O=C(Nc1ccc(-c2cnns2)cc1)OCCCl. The fourth-order valence-electron chi connectivity index (χ4n) is 1.30. The lowest BCUT2D eigenvalue weighted by atomic mass is 10.2. The van der Waals surface area contributed by atoms with Crippen LogP contribution in [0.25, 0.3) is 10.4 Å². The van der Waals surface area contributed by atoms with E-state index in [0.717, 1.165) is 10.4 Å². The first-order valence-electron chi connectivity index (χ1n) is 5.17. The van der Waals surface area contributed by atoms with Crippen LogP contribution < -0.4 is 5.32 Å². The van der Waals surface area contributed by atoms with Gasteiger partial charge < -0.3 is 4.74 Å². The highest BCUT2D eigenvalue weighted by Gasteiger charge is 2.04. The topological polar surface area (TPSA) is 64.1 Å². The molecule has 0 spiro atoms. The lowest BCUT2D eigenvalue weighted by Crippen LogP contribution is -2.14. The highest BCUT2D eigenvalue weighted by atomic mass is 35.5. The molecule has 0 radical (unpaired) electrons. The van der Waals surface area contributed by atoms with Crippen molar-refractivity contribution < 1.29 is 9.53 Å². The van der Waals surface area contributed by atoms with Crippen LogP contribution in [-0.4, -0.2) is 28.2 Å². The molecule has 1 heterocycles. The Morgan fingerprint density at radius 3 is 2.78 bits per heavy atom. The quantitative estimate of drug-likeness (QED) is 0.876. The summed E-state index contributed by atoms with van der Waals surface area (Å²) in [5, 5.41) is 6.37. The first-order chi connectivity index (χ1) is 8.79. The third kappa shape index (κ3) is 3.41. The molecule has 0 bridgehead atoms. The minimum Gasteiger partial charge on any atom is -0.448 e. The van der Waals surface area contributed by atoms with Crippen molar-refractivity contribution in [2.24, 2.45) is 0 Å². The number of carbonyl (C=O) groups excluding carboxylic acids is 1. The lowest BCUT2D eigenvalue weighted by molar-refractivity contribution is 0.168. The number of amides is 1. The summed E-state index contributed by atoms with van der Waals surface area (Å²) in [7, 11) is 0. The molecule has 18 heavy (non-hydrogen) atoms. The number of rotatable bonds is 4. The zero-order valence-corrected chi connectivity index (χ0v) is 10.9. The highest BCUT2D eigenvalue weighted by molar-refractivity contribution is 7.09. The molecular formula is C11H10ClN3O2S. The maximum Gasteiger partial charge on any atom is 0.411 e. The molecule has 0 fully saturated rings. The van der Waals surface area contributed by atoms with E-state index in [1.165, 1.54) is 11.5 Å². The predicted octanol–water partition coefficient (Wildman–Crippen LogP) is 2.99. The molecule has 1 amide bonds. The number of halogens is 1. The number of nitrogens with zero attached hydrogens (tertiary/aromatic N) is 2. The van der Waals surface area contributed by atoms with E-state index in [9.17, 15) is 4.79 Å². The number of aromatic nitrogens is 2. The van der Waals surface area contributed by atoms with Gasteiger partial charge >= 0.3 is 6.09 Å². The summed E-state index contributed by atoms with van der Waals surface area (Å²) in [6, 6.07) is 7.34. The van der Waals surface area contributed by atoms with Gasteiger partial charge in [-0.15, -0.1) is 16.7 Å². The van der Waals surface area contributed by atoms with Crippen molar-refractivity contribution >= 4 is 34.9 Å². The summed E-state index contributed by atoms with van der Waals surface area (Å²) in [6.45, 7) is 0.192. The second-order valence-electron chi connectivity index (χ2n) is 3.31. The van der Waals surface area contributed by atoms with Crippen molar-refractivity contribution in [1.82, 2.24) is 9.59 Å². The van der Waals surface area contributed by atoms with E-state index < -0.39 is 6.09 Å². The molecule has 1 aromatic heterocycles. The molecule has 0 aliphatic rings. The summed E-state index contributed by atoms with van der Waals surface area (Å²) in [5.74, 6) is 0.282. The molecule has 1 N–H and O–H groups in total. The van der Waals surface area contributed by atoms with Crippen LogP contribution in [0.5, 0.6) is 0 Å². The number of carbonyl (C=O) groups is 1. The van der Waals surface area contributed by atoms with Crippen LogP contribution in [0.1, 0.15) is 0 Å². The largest absolute Gasteiger partial charge is 0.448 e. The number of hydrogen-bond donors (Lipinski definition) is 1. The normalized spacial score (nSPS) is 10.1. The monoisotopic (exact) mass is 283 g/mol. The minimum absolute atomic E-state index is 0.192. The Morgan fingerprint density at radius 1 is 1.39 bits per heavy atom. The van der Waals surface area contributed by atoms with Gasteiger partial charge in [0.25, 0.3) is 0 Å². The van der Waals surface area contributed by atoms with Crippen LogP contribution in [-0.2, 0) is 4.74 Å². The van der Waals surface area contributed by atoms with Gasteiger partial charge in [-0.25, -0.2) is 4.79 Å². The van der Waals surface area contributed by atoms with Gasteiger partial charge in [0.15, 0.2) is 0 Å². The van der Waals surface area contributed by atoms with Gasteiger partial charge in [0, 0.05) is 5.69 Å². The number of anilines is 1. The molecular weight excluding hydrogens is 274 g/mol. The summed E-state index contributed by atoms with van der Waals surface area (Å²) in [4.78, 5) is 12.3. The van der Waals surface area contributed by atoms with Crippen LogP contribution in [0.4, 0.5) is 10.5 Å². The van der Waals surface area contributed by atoms with Crippen molar-refractivity contribution in [2.75, 3.05) is 17.8 Å². The maximum atomic E-state index is 11.3. The third-order valence-corrected chi connectivity index (χ3v) is 2.96. The second kappa shape index (κ2) is 6.32. The zero-order valence-electron chi connectivity index (χ0n) is 9.30. The van der Waals surface area contributed by atoms with Crippen molar-refractivity contribution in [2.45, 2.75) is 0 Å². The van der Waals surface area contributed by atoms with Crippen molar-refractivity contribution in [3.05, 3.63) is 30.5 Å². The predicted molar refractivity (Wildman–Crippen MR) is 71.0 cm³/mol. The highest BCUT2D eigenvalue weighted by Crippen LogP contribution is 2.23. The van der Waals surface area contributed by atoms with Crippen molar-refractivity contribution in [3.8, 4) is 10.4 Å². The molecule has 1 aromatic carbocycles. The average molecular weight is 284 g/mol. The molecule has 0 saturated carbocycles. The number of ether oxygens (including phenoxy) is 1. The molecule has 5 nitrogen and oxygen atoms in total. The van der Waals surface area contributed by atoms with Gasteiger partial charge in [-0.1, -0.05) is 16.6 Å². The van der Waals surface area contributed by atoms with Crippen LogP contribution in [0.2, 0.25) is 0 Å². The van der Waals surface area contributed by atoms with Crippen LogP contribution in [0.3, 0.4) is 0 Å². The molecule has 0 unspecified atom stereocenters. The van der Waals surface area contributed by atoms with E-state index in [2.05, 4.69) is 14.9 Å². The van der Waals surface area contributed by atoms with Crippen molar-refractivity contribution in [1.29, 1.82) is 0 Å². The van der Waals surface area contributed by atoms with Gasteiger partial charge in [0.2, 0.25) is 0 Å². The molecule has 0 saturated heterocycles. The number of alkyl halides is 1. The number of hydrogen-bond acceptors (Lipinski definition) is 5. The van der Waals surface area contributed by atoms with Crippen molar-refractivity contribution in [3.63, 3.8) is 0 Å². The van der Waals surface area contributed by atoms with Crippen LogP contribution in [0, 0.1) is 0 Å². The summed E-state index contributed by atoms with van der Waals surface area (Å²) >= 11 is 6.73. The Balaban J connectivity index is 1.98. The number of benzene rings is 1.